The first kappa shape index (κ1) is 35.1. The van der Waals surface area contributed by atoms with E-state index in [0.29, 0.717) is 6.42 Å². The largest absolute Gasteiger partial charge is 0.508 e. The second-order valence-electron chi connectivity index (χ2n) is 10.5. The summed E-state index contributed by atoms with van der Waals surface area (Å²) >= 11 is 0. The zero-order valence-corrected chi connectivity index (χ0v) is 25.1. The van der Waals surface area contributed by atoms with Crippen molar-refractivity contribution in [1.29, 1.82) is 10.8 Å². The van der Waals surface area contributed by atoms with Gasteiger partial charge in [0.25, 0.3) is 0 Å². The first-order chi connectivity index (χ1) is 20.8. The smallest absolute Gasteiger partial charge is 0.245 e. The van der Waals surface area contributed by atoms with Crippen molar-refractivity contribution < 1.29 is 24.3 Å². The Morgan fingerprint density at radius 3 is 2.00 bits per heavy atom. The molecule has 0 saturated carbocycles. The molecule has 2 aromatic carbocycles. The average molecular weight is 610 g/mol. The van der Waals surface area contributed by atoms with Crippen LogP contribution in [-0.4, -0.2) is 83.7 Å². The normalized spacial score (nSPS) is 12.6. The van der Waals surface area contributed by atoms with Crippen molar-refractivity contribution in [3.63, 3.8) is 0 Å². The summed E-state index contributed by atoms with van der Waals surface area (Å²) in [5.74, 6) is -2.27. The van der Waals surface area contributed by atoms with E-state index in [-0.39, 0.29) is 56.3 Å². The zero-order chi connectivity index (χ0) is 32.6. The number of carbonyl (C=O) groups excluding carboxylic acids is 4. The van der Waals surface area contributed by atoms with Gasteiger partial charge in [-0.15, -0.1) is 0 Å². The Morgan fingerprint density at radius 1 is 0.841 bits per heavy atom. The maximum atomic E-state index is 13.7. The van der Waals surface area contributed by atoms with Crippen molar-refractivity contribution in [3.8, 4) is 5.75 Å². The van der Waals surface area contributed by atoms with E-state index in [0.717, 1.165) is 11.1 Å². The van der Waals surface area contributed by atoms with Crippen molar-refractivity contribution in [3.05, 3.63) is 65.7 Å². The molecule has 0 aromatic heterocycles. The molecule has 238 valence electrons. The van der Waals surface area contributed by atoms with Crippen molar-refractivity contribution in [2.75, 3.05) is 20.1 Å². The number of guanidine groups is 1. The summed E-state index contributed by atoms with van der Waals surface area (Å²) in [4.78, 5) is 53.2. The van der Waals surface area contributed by atoms with E-state index in [1.54, 1.807) is 12.1 Å². The predicted octanol–water partition coefficient (Wildman–Crippen LogP) is -0.301. The third-order valence-corrected chi connectivity index (χ3v) is 6.67. The molecule has 14 heteroatoms. The quantitative estimate of drug-likeness (QED) is 0.0654. The number of benzene rings is 2. The summed E-state index contributed by atoms with van der Waals surface area (Å²) in [6.45, 7) is 1.83. The van der Waals surface area contributed by atoms with Gasteiger partial charge in [0.05, 0.1) is 5.84 Å². The molecule has 14 nitrogen and oxygen atoms in total. The SMILES string of the molecule is CC(=N)N[C@@H](Cc1ccc(O)cc1)C(=O)N[C@H](CCCNC(=N)N)C(=O)N[C@@H](Cc1ccccc1)C(=O)N(C)CCC(N)=O. The number of likely N-dealkylation sites (N-methyl/N-ethyl adjacent to an activating group) is 1. The molecule has 0 unspecified atom stereocenters. The number of hydrogen-bond acceptors (Lipinski definition) is 7. The molecule has 0 aliphatic rings. The number of primary amides is 1. The number of aromatic hydroxyl groups is 1. The van der Waals surface area contributed by atoms with Gasteiger partial charge in [0.2, 0.25) is 23.6 Å². The minimum atomic E-state index is -1.08. The summed E-state index contributed by atoms with van der Waals surface area (Å²) in [7, 11) is 1.52. The van der Waals surface area contributed by atoms with E-state index in [9.17, 15) is 24.3 Å². The molecule has 0 saturated heterocycles. The highest BCUT2D eigenvalue weighted by molar-refractivity contribution is 5.94. The number of amidine groups is 1. The Labute approximate surface area is 257 Å². The maximum absolute atomic E-state index is 13.7. The summed E-state index contributed by atoms with van der Waals surface area (Å²) in [5, 5.41) is 35.9. The molecule has 0 heterocycles. The van der Waals surface area contributed by atoms with E-state index in [1.807, 2.05) is 30.3 Å². The van der Waals surface area contributed by atoms with E-state index in [1.165, 1.54) is 31.0 Å². The number of carbonyl (C=O) groups is 4. The average Bonchev–Trinajstić information content (AvgIpc) is 2.97. The predicted molar refractivity (Wildman–Crippen MR) is 167 cm³/mol. The Bertz CT molecular complexity index is 1290. The molecule has 0 fully saturated rings. The van der Waals surface area contributed by atoms with Crippen LogP contribution < -0.4 is 32.7 Å². The maximum Gasteiger partial charge on any atom is 0.245 e. The Kier molecular flexibility index (Phi) is 14.1. The third kappa shape index (κ3) is 12.8. The van der Waals surface area contributed by atoms with Gasteiger partial charge in [0.15, 0.2) is 5.96 Å². The van der Waals surface area contributed by atoms with Crippen LogP contribution in [0.5, 0.6) is 5.75 Å². The minimum Gasteiger partial charge on any atom is -0.508 e. The van der Waals surface area contributed by atoms with Crippen LogP contribution >= 0.6 is 0 Å². The van der Waals surface area contributed by atoms with Crippen LogP contribution in [0.15, 0.2) is 54.6 Å². The highest BCUT2D eigenvalue weighted by Gasteiger charge is 2.30. The standard InChI is InChI=1S/C30H43N9O5/c1-19(31)36-24(17-21-10-12-22(40)13-11-21)28(43)37-23(9-6-15-35-30(33)34)27(42)38-25(18-20-7-4-3-5-8-20)29(44)39(2)16-14-26(32)41/h3-5,7-8,10-13,23-25,40H,6,9,14-18H2,1-2H3,(H2,31,36)(H2,32,41)(H,37,43)(H,38,42)(H4,33,34,35)/t23-,24+,25+/m1/s1. The molecule has 0 radical (unpaired) electrons. The van der Waals surface area contributed by atoms with Gasteiger partial charge in [-0.3, -0.25) is 30.0 Å². The number of nitrogens with one attached hydrogen (secondary N) is 6. The molecule has 0 bridgehead atoms. The van der Waals surface area contributed by atoms with Gasteiger partial charge < -0.3 is 42.7 Å². The van der Waals surface area contributed by atoms with Gasteiger partial charge in [-0.05, 0) is 43.0 Å². The van der Waals surface area contributed by atoms with E-state index in [4.69, 9.17) is 22.3 Å². The van der Waals surface area contributed by atoms with Crippen LogP contribution in [-0.2, 0) is 32.0 Å². The van der Waals surface area contributed by atoms with Crippen LogP contribution in [0.3, 0.4) is 0 Å². The van der Waals surface area contributed by atoms with Gasteiger partial charge >= 0.3 is 0 Å². The summed E-state index contributed by atoms with van der Waals surface area (Å²) < 4.78 is 0. The second-order valence-corrected chi connectivity index (χ2v) is 10.5. The first-order valence-corrected chi connectivity index (χ1v) is 14.2. The topological polar surface area (TPSA) is 240 Å². The number of hydrogen-bond donors (Lipinski definition) is 9. The molecule has 11 N–H and O–H groups in total. The van der Waals surface area contributed by atoms with Gasteiger partial charge in [0.1, 0.15) is 23.9 Å². The lowest BCUT2D eigenvalue weighted by molar-refractivity contribution is -0.137. The number of amides is 4. The minimum absolute atomic E-state index is 0.0437. The molecule has 2 aromatic rings. The number of phenols is 1. The first-order valence-electron chi connectivity index (χ1n) is 14.2. The molecular weight excluding hydrogens is 566 g/mol. The van der Waals surface area contributed by atoms with Crippen molar-refractivity contribution in [2.24, 2.45) is 11.5 Å². The van der Waals surface area contributed by atoms with E-state index < -0.39 is 41.8 Å². The lowest BCUT2D eigenvalue weighted by Gasteiger charge is -2.28. The van der Waals surface area contributed by atoms with Gasteiger partial charge in [-0.1, -0.05) is 42.5 Å². The molecule has 0 spiro atoms. The second kappa shape index (κ2) is 17.7. The molecule has 4 amide bonds. The fourth-order valence-electron chi connectivity index (χ4n) is 4.39. The lowest BCUT2D eigenvalue weighted by atomic mass is 10.0. The summed E-state index contributed by atoms with van der Waals surface area (Å²) in [6, 6.07) is 12.4. The zero-order valence-electron chi connectivity index (χ0n) is 25.1. The highest BCUT2D eigenvalue weighted by atomic mass is 16.3. The fourth-order valence-corrected chi connectivity index (χ4v) is 4.39. The van der Waals surface area contributed by atoms with Crippen molar-refractivity contribution >= 4 is 35.4 Å². The van der Waals surface area contributed by atoms with Gasteiger partial charge in [-0.2, -0.15) is 0 Å². The third-order valence-electron chi connectivity index (χ3n) is 6.67. The fraction of sp³-hybridized carbons (Fsp3) is 0.400. The number of nitrogens with two attached hydrogens (primary N) is 2. The lowest BCUT2D eigenvalue weighted by Crippen LogP contribution is -2.57. The Hall–Kier alpha value is -5.14. The van der Waals surface area contributed by atoms with E-state index >= 15 is 0 Å². The van der Waals surface area contributed by atoms with Crippen LogP contribution in [0.1, 0.15) is 37.3 Å². The molecule has 44 heavy (non-hydrogen) atoms. The van der Waals surface area contributed by atoms with Gasteiger partial charge in [0, 0.05) is 39.4 Å². The number of nitrogens with zero attached hydrogens (tertiary/aromatic N) is 1. The van der Waals surface area contributed by atoms with Crippen molar-refractivity contribution in [2.45, 2.75) is 57.2 Å². The van der Waals surface area contributed by atoms with Crippen LogP contribution in [0.25, 0.3) is 0 Å². The van der Waals surface area contributed by atoms with E-state index in [2.05, 4.69) is 21.3 Å². The number of phenolic OH excluding ortho intramolecular Hbond substituents is 1. The molecule has 3 atom stereocenters. The van der Waals surface area contributed by atoms with Gasteiger partial charge in [-0.25, -0.2) is 0 Å². The highest BCUT2D eigenvalue weighted by Crippen LogP contribution is 2.12. The Morgan fingerprint density at radius 2 is 1.41 bits per heavy atom. The van der Waals surface area contributed by atoms with Crippen LogP contribution in [0.4, 0.5) is 0 Å². The summed E-state index contributed by atoms with van der Waals surface area (Å²) in [6.07, 6.45) is 0.793. The monoisotopic (exact) mass is 609 g/mol. The number of rotatable bonds is 17. The Balaban J connectivity index is 2.29. The molecular formula is C30H43N9O5. The molecule has 0 aliphatic heterocycles. The molecule has 0 aliphatic carbocycles. The summed E-state index contributed by atoms with van der Waals surface area (Å²) in [5.41, 5.74) is 12.1. The van der Waals surface area contributed by atoms with Crippen molar-refractivity contribution in [1.82, 2.24) is 26.2 Å². The van der Waals surface area contributed by atoms with Crippen LogP contribution in [0, 0.1) is 10.8 Å². The molecule has 2 rings (SSSR count). The van der Waals surface area contributed by atoms with Crippen LogP contribution in [0.2, 0.25) is 0 Å².